The van der Waals surface area contributed by atoms with E-state index >= 15 is 0 Å². The zero-order valence-corrected chi connectivity index (χ0v) is 13.6. The van der Waals surface area contributed by atoms with Crippen LogP contribution < -0.4 is 5.32 Å². The number of amides is 1. The van der Waals surface area contributed by atoms with E-state index < -0.39 is 11.9 Å². The number of carbonyl (C=O) groups excluding carboxylic acids is 1. The Morgan fingerprint density at radius 1 is 1.36 bits per heavy atom. The fraction of sp³-hybridized carbons (Fsp3) is 0.105. The molecular formula is C19H17N3O3. The van der Waals surface area contributed by atoms with Crippen molar-refractivity contribution < 1.29 is 14.7 Å². The third kappa shape index (κ3) is 4.69. The van der Waals surface area contributed by atoms with Gasteiger partial charge in [0.25, 0.3) is 5.91 Å². The van der Waals surface area contributed by atoms with Crippen molar-refractivity contribution in [3.05, 3.63) is 65.5 Å². The summed E-state index contributed by atoms with van der Waals surface area (Å²) in [5.41, 5.74) is 1.15. The number of H-pyrrole nitrogens is 1. The number of terminal acetylenes is 1. The zero-order chi connectivity index (χ0) is 18.2. The number of rotatable bonds is 6. The average molecular weight is 335 g/mol. The summed E-state index contributed by atoms with van der Waals surface area (Å²) in [6, 6.07) is 8.99. The van der Waals surface area contributed by atoms with Crippen LogP contribution in [0.25, 0.3) is 11.4 Å². The number of benzene rings is 1. The van der Waals surface area contributed by atoms with Crippen molar-refractivity contribution in [2.24, 2.45) is 0 Å². The molecule has 0 radical (unpaired) electrons. The minimum Gasteiger partial charge on any atom is -0.477 e. The second-order valence-electron chi connectivity index (χ2n) is 5.20. The summed E-state index contributed by atoms with van der Waals surface area (Å²) in [5.74, 6) is 0.875. The van der Waals surface area contributed by atoms with Gasteiger partial charge in [0.2, 0.25) is 0 Å². The number of nitrogens with one attached hydrogen (secondary N) is 2. The number of carboxylic acids is 1. The van der Waals surface area contributed by atoms with Gasteiger partial charge in [0.15, 0.2) is 11.4 Å². The molecule has 1 aromatic heterocycles. The molecule has 6 nitrogen and oxygen atoms in total. The Hall–Kier alpha value is -3.59. The number of aromatic amines is 1. The van der Waals surface area contributed by atoms with Crippen LogP contribution in [0.5, 0.6) is 0 Å². The van der Waals surface area contributed by atoms with Gasteiger partial charge in [-0.2, -0.15) is 0 Å². The highest BCUT2D eigenvalue weighted by molar-refractivity contribution is 6.03. The number of hydrogen-bond donors (Lipinski definition) is 3. The first-order valence-corrected chi connectivity index (χ1v) is 7.48. The number of imidazole rings is 1. The monoisotopic (exact) mass is 335 g/mol. The molecule has 6 heteroatoms. The molecule has 0 aliphatic carbocycles. The Morgan fingerprint density at radius 2 is 2.08 bits per heavy atom. The molecular weight excluding hydrogens is 318 g/mol. The van der Waals surface area contributed by atoms with E-state index in [0.29, 0.717) is 11.4 Å². The normalized spacial score (nSPS) is 11.3. The molecule has 3 N–H and O–H groups in total. The molecule has 0 aliphatic rings. The van der Waals surface area contributed by atoms with Gasteiger partial charge in [0, 0.05) is 12.1 Å². The second kappa shape index (κ2) is 8.31. The fourth-order valence-corrected chi connectivity index (χ4v) is 2.06. The lowest BCUT2D eigenvalue weighted by atomic mass is 10.2. The molecule has 0 saturated heterocycles. The first-order chi connectivity index (χ1) is 12.0. The van der Waals surface area contributed by atoms with Crippen LogP contribution in [0.3, 0.4) is 0 Å². The lowest BCUT2D eigenvalue weighted by molar-refractivity contribution is 0.0685. The summed E-state index contributed by atoms with van der Waals surface area (Å²) in [6.07, 6.45) is 10.1. The fourth-order valence-electron chi connectivity index (χ4n) is 2.06. The molecule has 2 aromatic rings. The summed E-state index contributed by atoms with van der Waals surface area (Å²) in [5, 5.41) is 12.0. The number of nitrogens with zero attached hydrogens (tertiary/aromatic N) is 1. The molecule has 0 unspecified atom stereocenters. The van der Waals surface area contributed by atoms with Crippen LogP contribution in [-0.2, 0) is 0 Å². The molecule has 0 saturated carbocycles. The zero-order valence-electron chi connectivity index (χ0n) is 13.6. The lowest BCUT2D eigenvalue weighted by Gasteiger charge is -2.03. The molecule has 0 spiro atoms. The number of aromatic carboxylic acids is 1. The number of allylic oxidation sites excluding steroid dienone is 3. The first-order valence-electron chi connectivity index (χ1n) is 7.48. The van der Waals surface area contributed by atoms with Gasteiger partial charge in [0.05, 0.1) is 0 Å². The van der Waals surface area contributed by atoms with Crippen LogP contribution in [0.15, 0.2) is 54.1 Å². The van der Waals surface area contributed by atoms with E-state index in [1.165, 1.54) is 6.08 Å². The summed E-state index contributed by atoms with van der Waals surface area (Å²) < 4.78 is 0. The van der Waals surface area contributed by atoms with Crippen LogP contribution in [-0.4, -0.2) is 33.5 Å². The van der Waals surface area contributed by atoms with Gasteiger partial charge in [-0.3, -0.25) is 4.79 Å². The maximum atomic E-state index is 12.3. The second-order valence-corrected chi connectivity index (χ2v) is 5.20. The van der Waals surface area contributed by atoms with Crippen LogP contribution in [0.4, 0.5) is 0 Å². The first kappa shape index (κ1) is 17.8. The van der Waals surface area contributed by atoms with Crippen LogP contribution in [0.2, 0.25) is 0 Å². The van der Waals surface area contributed by atoms with Crippen molar-refractivity contribution in [1.82, 2.24) is 15.3 Å². The Balaban J connectivity index is 2.20. The quantitative estimate of drug-likeness (QED) is 0.559. The average Bonchev–Trinajstić information content (AvgIpc) is 3.06. The largest absolute Gasteiger partial charge is 0.477 e. The third-order valence-corrected chi connectivity index (χ3v) is 3.28. The molecule has 0 aliphatic heterocycles. The highest BCUT2D eigenvalue weighted by Crippen LogP contribution is 2.18. The van der Waals surface area contributed by atoms with Gasteiger partial charge in [-0.1, -0.05) is 54.0 Å². The van der Waals surface area contributed by atoms with E-state index in [2.05, 4.69) is 21.2 Å². The van der Waals surface area contributed by atoms with Crippen molar-refractivity contribution in [2.45, 2.75) is 6.92 Å². The Labute approximate surface area is 145 Å². The van der Waals surface area contributed by atoms with Crippen molar-refractivity contribution in [3.8, 4) is 23.7 Å². The minimum atomic E-state index is -1.25. The SMILES string of the molecule is C#C/C=C\C=C(/C)CNC(=O)c1nc(-c2ccccc2)[nH]c1C(=O)O. The summed E-state index contributed by atoms with van der Waals surface area (Å²) >= 11 is 0. The molecule has 2 rings (SSSR count). The highest BCUT2D eigenvalue weighted by Gasteiger charge is 2.22. The summed E-state index contributed by atoms with van der Waals surface area (Å²) in [4.78, 5) is 30.5. The van der Waals surface area contributed by atoms with Gasteiger partial charge < -0.3 is 15.4 Å². The maximum Gasteiger partial charge on any atom is 0.354 e. The van der Waals surface area contributed by atoms with E-state index in [4.69, 9.17) is 6.42 Å². The number of carbonyl (C=O) groups is 2. The Kier molecular flexibility index (Phi) is 5.91. The lowest BCUT2D eigenvalue weighted by Crippen LogP contribution is -2.27. The molecule has 1 aromatic carbocycles. The molecule has 1 amide bonds. The molecule has 0 fully saturated rings. The Bertz CT molecular complexity index is 871. The Morgan fingerprint density at radius 3 is 2.72 bits per heavy atom. The maximum absolute atomic E-state index is 12.3. The van der Waals surface area contributed by atoms with Crippen LogP contribution in [0.1, 0.15) is 27.9 Å². The summed E-state index contributed by atoms with van der Waals surface area (Å²) in [7, 11) is 0. The highest BCUT2D eigenvalue weighted by atomic mass is 16.4. The van der Waals surface area contributed by atoms with Gasteiger partial charge in [-0.25, -0.2) is 9.78 Å². The predicted octanol–water partition coefficient (Wildman–Crippen LogP) is 2.64. The molecule has 25 heavy (non-hydrogen) atoms. The van der Waals surface area contributed by atoms with Gasteiger partial charge in [-0.15, -0.1) is 6.42 Å². The van der Waals surface area contributed by atoms with E-state index in [1.807, 2.05) is 13.0 Å². The number of carboxylic acid groups (broad SMARTS) is 1. The molecule has 126 valence electrons. The van der Waals surface area contributed by atoms with Gasteiger partial charge in [0.1, 0.15) is 5.82 Å². The van der Waals surface area contributed by atoms with E-state index in [0.717, 1.165) is 5.57 Å². The summed E-state index contributed by atoms with van der Waals surface area (Å²) in [6.45, 7) is 2.07. The molecule has 0 atom stereocenters. The van der Waals surface area contributed by atoms with Gasteiger partial charge in [-0.05, 0) is 13.0 Å². The van der Waals surface area contributed by atoms with E-state index in [1.54, 1.807) is 36.4 Å². The standard InChI is InChI=1S/C19H17N3O3/c1-3-4-6-9-13(2)12-20-18(23)15-16(19(24)25)22-17(21-15)14-10-7-5-8-11-14/h1,4-11H,12H2,2H3,(H,20,23)(H,21,22)(H,24,25)/b6-4-,13-9+. The number of aromatic nitrogens is 2. The van der Waals surface area contributed by atoms with Crippen molar-refractivity contribution in [2.75, 3.05) is 6.54 Å². The van der Waals surface area contributed by atoms with Crippen LogP contribution in [0, 0.1) is 12.3 Å². The van der Waals surface area contributed by atoms with Crippen molar-refractivity contribution in [3.63, 3.8) is 0 Å². The molecule has 0 bridgehead atoms. The van der Waals surface area contributed by atoms with Gasteiger partial charge >= 0.3 is 5.97 Å². The smallest absolute Gasteiger partial charge is 0.354 e. The number of hydrogen-bond acceptors (Lipinski definition) is 3. The van der Waals surface area contributed by atoms with Crippen LogP contribution >= 0.6 is 0 Å². The third-order valence-electron chi connectivity index (χ3n) is 3.28. The topological polar surface area (TPSA) is 95.1 Å². The molecule has 1 heterocycles. The predicted molar refractivity (Wildman–Crippen MR) is 95.0 cm³/mol. The van der Waals surface area contributed by atoms with E-state index in [9.17, 15) is 14.7 Å². The van der Waals surface area contributed by atoms with E-state index in [-0.39, 0.29) is 17.9 Å². The van der Waals surface area contributed by atoms with Crippen molar-refractivity contribution in [1.29, 1.82) is 0 Å². The van der Waals surface area contributed by atoms with Crippen molar-refractivity contribution >= 4 is 11.9 Å². The minimum absolute atomic E-state index is 0.154.